The Labute approximate surface area is 157 Å². The zero-order valence-electron chi connectivity index (χ0n) is 14.4. The van der Waals surface area contributed by atoms with Gasteiger partial charge in [0, 0.05) is 42.3 Å². The van der Waals surface area contributed by atoms with Gasteiger partial charge in [0.05, 0.1) is 17.3 Å². The maximum Gasteiger partial charge on any atom is 0.135 e. The van der Waals surface area contributed by atoms with Crippen LogP contribution in [-0.4, -0.2) is 35.6 Å². The zero-order chi connectivity index (χ0) is 17.7. The van der Waals surface area contributed by atoms with Crippen molar-refractivity contribution >= 4 is 33.9 Å². The molecule has 0 atom stereocenters. The average molecular weight is 366 g/mol. The molecule has 1 fully saturated rings. The highest BCUT2D eigenvalue weighted by molar-refractivity contribution is 6.36. The molecule has 2 N–H and O–H groups in total. The van der Waals surface area contributed by atoms with Gasteiger partial charge in [-0.3, -0.25) is 0 Å². The Morgan fingerprint density at radius 1 is 1.04 bits per heavy atom. The number of rotatable bonds is 2. The number of nitrogens with two attached hydrogens (primary N) is 1. The highest BCUT2D eigenvalue weighted by Gasteiger charge is 2.30. The van der Waals surface area contributed by atoms with E-state index in [4.69, 9.17) is 17.3 Å². The summed E-state index contributed by atoms with van der Waals surface area (Å²) < 4.78 is 0. The van der Waals surface area contributed by atoms with Crippen molar-refractivity contribution in [3.8, 4) is 0 Å². The maximum atomic E-state index is 6.52. The monoisotopic (exact) mass is 365 g/mol. The summed E-state index contributed by atoms with van der Waals surface area (Å²) in [5.41, 5.74) is 9.48. The first kappa shape index (κ1) is 15.9. The lowest BCUT2D eigenvalue weighted by Gasteiger charge is -2.40. The van der Waals surface area contributed by atoms with Gasteiger partial charge in [-0.2, -0.15) is 0 Å². The summed E-state index contributed by atoms with van der Waals surface area (Å²) in [6, 6.07) is 12.7. The first-order valence-electron chi connectivity index (χ1n) is 8.96. The third-order valence-corrected chi connectivity index (χ3v) is 5.68. The molecule has 26 heavy (non-hydrogen) atoms. The smallest absolute Gasteiger partial charge is 0.135 e. The van der Waals surface area contributed by atoms with Gasteiger partial charge in [-0.05, 0) is 23.9 Å². The fraction of sp³-hybridized carbons (Fsp3) is 0.300. The first-order chi connectivity index (χ1) is 12.7. The summed E-state index contributed by atoms with van der Waals surface area (Å²) >= 11 is 6.52. The van der Waals surface area contributed by atoms with Gasteiger partial charge in [0.1, 0.15) is 12.1 Å². The molecule has 2 aromatic carbocycles. The largest absolute Gasteiger partial charge is 0.365 e. The molecule has 0 saturated carbocycles. The van der Waals surface area contributed by atoms with Crippen LogP contribution in [0.25, 0.3) is 10.8 Å². The Morgan fingerprint density at radius 2 is 1.85 bits per heavy atom. The van der Waals surface area contributed by atoms with Crippen LogP contribution in [0.1, 0.15) is 11.3 Å². The lowest BCUT2D eigenvalue weighted by atomic mass is 10.0. The van der Waals surface area contributed by atoms with Gasteiger partial charge in [-0.25, -0.2) is 9.97 Å². The standard InChI is InChI=1S/C20H20ClN5/c21-16-5-1-3-13-4-2-6-18(19(13)16)25-8-7-15-17(11-25)23-12-24-20(15)26-9-14(22)10-26/h1-6,12,14H,7-11,22H2. The van der Waals surface area contributed by atoms with Crippen molar-refractivity contribution in [3.63, 3.8) is 0 Å². The number of benzene rings is 2. The number of anilines is 2. The van der Waals surface area contributed by atoms with Gasteiger partial charge in [0.15, 0.2) is 0 Å². The number of nitrogens with zero attached hydrogens (tertiary/aromatic N) is 4. The van der Waals surface area contributed by atoms with Crippen molar-refractivity contribution in [3.05, 3.63) is 59.0 Å². The van der Waals surface area contributed by atoms with E-state index in [0.717, 1.165) is 54.5 Å². The number of hydrogen-bond acceptors (Lipinski definition) is 5. The Morgan fingerprint density at radius 3 is 2.65 bits per heavy atom. The summed E-state index contributed by atoms with van der Waals surface area (Å²) in [4.78, 5) is 13.7. The molecule has 6 heteroatoms. The van der Waals surface area contributed by atoms with E-state index in [1.54, 1.807) is 6.33 Å². The molecule has 132 valence electrons. The average Bonchev–Trinajstić information content (AvgIpc) is 2.64. The van der Waals surface area contributed by atoms with Crippen LogP contribution in [0.3, 0.4) is 0 Å². The lowest BCUT2D eigenvalue weighted by Crippen LogP contribution is -2.56. The van der Waals surface area contributed by atoms with Crippen molar-refractivity contribution < 1.29 is 0 Å². The molecule has 0 aliphatic carbocycles. The van der Waals surface area contributed by atoms with E-state index in [0.29, 0.717) is 0 Å². The molecule has 0 spiro atoms. The molecule has 0 bridgehead atoms. The van der Waals surface area contributed by atoms with Crippen LogP contribution in [0.15, 0.2) is 42.7 Å². The predicted molar refractivity (Wildman–Crippen MR) is 106 cm³/mol. The third kappa shape index (κ3) is 2.50. The Hall–Kier alpha value is -2.37. The molecule has 2 aliphatic rings. The Balaban J connectivity index is 1.51. The van der Waals surface area contributed by atoms with Gasteiger partial charge >= 0.3 is 0 Å². The summed E-state index contributed by atoms with van der Waals surface area (Å²) in [6.07, 6.45) is 2.61. The molecule has 1 aromatic heterocycles. The summed E-state index contributed by atoms with van der Waals surface area (Å²) in [5, 5.41) is 3.07. The summed E-state index contributed by atoms with van der Waals surface area (Å²) in [5.74, 6) is 1.06. The molecular formula is C20H20ClN5. The Bertz CT molecular complexity index is 978. The molecule has 3 heterocycles. The minimum atomic E-state index is 0.263. The summed E-state index contributed by atoms with van der Waals surface area (Å²) in [6.45, 7) is 3.46. The lowest BCUT2D eigenvalue weighted by molar-refractivity contribution is 0.510. The number of fused-ring (bicyclic) bond motifs is 2. The van der Waals surface area contributed by atoms with Crippen LogP contribution in [-0.2, 0) is 13.0 Å². The van der Waals surface area contributed by atoms with Crippen molar-refractivity contribution in [2.45, 2.75) is 19.0 Å². The quantitative estimate of drug-likeness (QED) is 0.756. The second kappa shape index (κ2) is 6.11. The first-order valence-corrected chi connectivity index (χ1v) is 9.34. The van der Waals surface area contributed by atoms with E-state index in [1.807, 2.05) is 12.1 Å². The molecule has 0 amide bonds. The second-order valence-electron chi connectivity index (χ2n) is 7.07. The van der Waals surface area contributed by atoms with Crippen molar-refractivity contribution in [2.24, 2.45) is 5.73 Å². The highest BCUT2D eigenvalue weighted by atomic mass is 35.5. The second-order valence-corrected chi connectivity index (χ2v) is 7.48. The van der Waals surface area contributed by atoms with Gasteiger partial charge in [0.25, 0.3) is 0 Å². The Kier molecular flexibility index (Phi) is 3.72. The van der Waals surface area contributed by atoms with E-state index in [1.165, 1.54) is 16.6 Å². The molecule has 2 aliphatic heterocycles. The number of aromatic nitrogens is 2. The fourth-order valence-corrected chi connectivity index (χ4v) is 4.32. The van der Waals surface area contributed by atoms with E-state index in [9.17, 15) is 0 Å². The van der Waals surface area contributed by atoms with Gasteiger partial charge < -0.3 is 15.5 Å². The van der Waals surface area contributed by atoms with Gasteiger partial charge in [-0.1, -0.05) is 35.9 Å². The minimum Gasteiger partial charge on any atom is -0.365 e. The molecule has 0 radical (unpaired) electrons. The van der Waals surface area contributed by atoms with Crippen LogP contribution in [0, 0.1) is 0 Å². The number of halogens is 1. The minimum absolute atomic E-state index is 0.263. The highest BCUT2D eigenvalue weighted by Crippen LogP contribution is 2.36. The third-order valence-electron chi connectivity index (χ3n) is 5.37. The van der Waals surface area contributed by atoms with E-state index < -0.39 is 0 Å². The van der Waals surface area contributed by atoms with Gasteiger partial charge in [-0.15, -0.1) is 0 Å². The van der Waals surface area contributed by atoms with Gasteiger partial charge in [0.2, 0.25) is 0 Å². The van der Waals surface area contributed by atoms with Crippen molar-refractivity contribution in [2.75, 3.05) is 29.4 Å². The predicted octanol–water partition coefficient (Wildman–Crippen LogP) is 2.99. The van der Waals surface area contributed by atoms with Crippen LogP contribution in [0.5, 0.6) is 0 Å². The van der Waals surface area contributed by atoms with Crippen LogP contribution < -0.4 is 15.5 Å². The van der Waals surface area contributed by atoms with Crippen LogP contribution in [0.2, 0.25) is 5.02 Å². The molecule has 0 unspecified atom stereocenters. The molecule has 3 aromatic rings. The van der Waals surface area contributed by atoms with Crippen LogP contribution >= 0.6 is 11.6 Å². The van der Waals surface area contributed by atoms with E-state index in [-0.39, 0.29) is 6.04 Å². The number of hydrogen-bond donors (Lipinski definition) is 1. The van der Waals surface area contributed by atoms with Crippen molar-refractivity contribution in [1.82, 2.24) is 9.97 Å². The maximum absolute atomic E-state index is 6.52. The molecular weight excluding hydrogens is 346 g/mol. The van der Waals surface area contributed by atoms with Crippen LogP contribution in [0.4, 0.5) is 11.5 Å². The zero-order valence-corrected chi connectivity index (χ0v) is 15.2. The normalized spacial score (nSPS) is 17.3. The summed E-state index contributed by atoms with van der Waals surface area (Å²) in [7, 11) is 0. The van der Waals surface area contributed by atoms with Crippen molar-refractivity contribution in [1.29, 1.82) is 0 Å². The topological polar surface area (TPSA) is 58.3 Å². The molecule has 5 nitrogen and oxygen atoms in total. The molecule has 1 saturated heterocycles. The SMILES string of the molecule is NC1CN(c2ncnc3c2CCN(c2cccc4cccc(Cl)c24)C3)C1. The molecule has 5 rings (SSSR count). The van der Waals surface area contributed by atoms with E-state index >= 15 is 0 Å². The van der Waals surface area contributed by atoms with E-state index in [2.05, 4.69) is 44.0 Å². The fourth-order valence-electron chi connectivity index (χ4n) is 4.04.